The van der Waals surface area contributed by atoms with Gasteiger partial charge in [0.05, 0.1) is 0 Å². The number of carbonyl (C=O) groups is 1. The highest BCUT2D eigenvalue weighted by molar-refractivity contribution is 5.99. The molecule has 3 heteroatoms. The maximum Gasteiger partial charge on any atom is 0.251 e. The van der Waals surface area contributed by atoms with Crippen LogP contribution in [0, 0.1) is 18.3 Å². The Balaban J connectivity index is 1.58. The van der Waals surface area contributed by atoms with Crippen LogP contribution in [-0.2, 0) is 0 Å². The van der Waals surface area contributed by atoms with Crippen LogP contribution in [0.5, 0.6) is 0 Å². The Bertz CT molecular complexity index is 790. The summed E-state index contributed by atoms with van der Waals surface area (Å²) in [5.74, 6) is 3.33. The Hall–Kier alpha value is -2.31. The molecule has 3 nitrogen and oxygen atoms in total. The summed E-state index contributed by atoms with van der Waals surface area (Å²) < 4.78 is 0. The third-order valence-corrected chi connectivity index (χ3v) is 4.95. The smallest absolute Gasteiger partial charge is 0.251 e. The second kappa shape index (κ2) is 5.15. The summed E-state index contributed by atoms with van der Waals surface area (Å²) in [6.45, 7) is 3.31. The molecule has 22 heavy (non-hydrogen) atoms. The molecule has 2 heterocycles. The van der Waals surface area contributed by atoms with Crippen molar-refractivity contribution in [3.05, 3.63) is 47.5 Å². The number of hydrogen-bond acceptors (Lipinski definition) is 2. The second-order valence-corrected chi connectivity index (χ2v) is 6.27. The summed E-state index contributed by atoms with van der Waals surface area (Å²) in [4.78, 5) is 14.9. The summed E-state index contributed by atoms with van der Waals surface area (Å²) in [6, 6.07) is 11.9. The van der Waals surface area contributed by atoms with Crippen molar-refractivity contribution >= 4 is 16.7 Å². The second-order valence-electron chi connectivity index (χ2n) is 6.27. The highest BCUT2D eigenvalue weighted by atomic mass is 16.1. The van der Waals surface area contributed by atoms with Gasteiger partial charge in [-0.25, -0.2) is 0 Å². The molecule has 0 spiro atoms. The fraction of sp³-hybridized carbons (Fsp3) is 0.316. The van der Waals surface area contributed by atoms with Crippen LogP contribution in [0.15, 0.2) is 36.4 Å². The molecule has 3 unspecified atom stereocenters. The molecule has 2 aliphatic rings. The van der Waals surface area contributed by atoms with Crippen molar-refractivity contribution in [3.63, 3.8) is 0 Å². The fourth-order valence-electron chi connectivity index (χ4n) is 3.75. The molecule has 0 saturated carbocycles. The number of hydrogen-bond donors (Lipinski definition) is 1. The average Bonchev–Trinajstić information content (AvgIpc) is 3.16. The minimum absolute atomic E-state index is 0.0201. The van der Waals surface area contributed by atoms with Crippen LogP contribution in [0.4, 0.5) is 0 Å². The Morgan fingerprint density at radius 2 is 2.18 bits per heavy atom. The Morgan fingerprint density at radius 3 is 2.91 bits per heavy atom. The van der Waals surface area contributed by atoms with Gasteiger partial charge in [0.15, 0.2) is 0 Å². The van der Waals surface area contributed by atoms with E-state index < -0.39 is 0 Å². The van der Waals surface area contributed by atoms with Crippen molar-refractivity contribution in [1.82, 2.24) is 10.2 Å². The van der Waals surface area contributed by atoms with Gasteiger partial charge in [0.2, 0.25) is 0 Å². The van der Waals surface area contributed by atoms with E-state index in [1.807, 2.05) is 36.4 Å². The highest BCUT2D eigenvalue weighted by Gasteiger charge is 2.38. The van der Waals surface area contributed by atoms with Gasteiger partial charge in [0, 0.05) is 30.3 Å². The van der Waals surface area contributed by atoms with E-state index in [1.54, 1.807) is 0 Å². The molecule has 2 aromatic rings. The van der Waals surface area contributed by atoms with E-state index >= 15 is 0 Å². The largest absolute Gasteiger partial charge is 0.348 e. The molecule has 2 fully saturated rings. The quantitative estimate of drug-likeness (QED) is 0.861. The first kappa shape index (κ1) is 13.4. The normalized spacial score (nSPS) is 26.0. The van der Waals surface area contributed by atoms with Gasteiger partial charge in [-0.2, -0.15) is 0 Å². The molecular weight excluding hydrogens is 272 g/mol. The fourth-order valence-corrected chi connectivity index (χ4v) is 3.75. The molecule has 2 bridgehead atoms. The summed E-state index contributed by atoms with van der Waals surface area (Å²) in [5, 5.41) is 5.23. The first-order valence-corrected chi connectivity index (χ1v) is 7.77. The molecular formula is C19H18N2O. The zero-order valence-electron chi connectivity index (χ0n) is 12.4. The average molecular weight is 290 g/mol. The Labute approximate surface area is 130 Å². The molecule has 1 amide bonds. The van der Waals surface area contributed by atoms with Gasteiger partial charge in [-0.1, -0.05) is 24.1 Å². The summed E-state index contributed by atoms with van der Waals surface area (Å²) in [5.41, 5.74) is 1.57. The van der Waals surface area contributed by atoms with Crippen LogP contribution in [0.2, 0.25) is 0 Å². The van der Waals surface area contributed by atoms with E-state index in [-0.39, 0.29) is 5.91 Å². The molecule has 0 radical (unpaired) electrons. The van der Waals surface area contributed by atoms with Crippen molar-refractivity contribution in [3.8, 4) is 12.3 Å². The van der Waals surface area contributed by atoms with Crippen LogP contribution < -0.4 is 5.32 Å². The zero-order valence-corrected chi connectivity index (χ0v) is 12.4. The predicted molar refractivity (Wildman–Crippen MR) is 87.7 cm³/mol. The Morgan fingerprint density at radius 1 is 1.27 bits per heavy atom. The van der Waals surface area contributed by atoms with Gasteiger partial charge >= 0.3 is 0 Å². The van der Waals surface area contributed by atoms with Crippen LogP contribution >= 0.6 is 0 Å². The van der Waals surface area contributed by atoms with Crippen molar-refractivity contribution < 1.29 is 4.79 Å². The maximum atomic E-state index is 12.5. The SMILES string of the molecule is C#Cc1cccc2cc(C(=O)NC3CN4CCC3C4)ccc12. The molecule has 2 saturated heterocycles. The van der Waals surface area contributed by atoms with Gasteiger partial charge < -0.3 is 10.2 Å². The lowest BCUT2D eigenvalue weighted by atomic mass is 9.99. The number of benzene rings is 2. The number of terminal acetylenes is 1. The highest BCUT2D eigenvalue weighted by Crippen LogP contribution is 2.28. The number of amides is 1. The lowest BCUT2D eigenvalue weighted by molar-refractivity contribution is 0.0924. The molecule has 2 aromatic carbocycles. The van der Waals surface area contributed by atoms with E-state index in [4.69, 9.17) is 6.42 Å². The van der Waals surface area contributed by atoms with Crippen molar-refractivity contribution in [1.29, 1.82) is 0 Å². The van der Waals surface area contributed by atoms with E-state index in [2.05, 4.69) is 16.1 Å². The molecule has 1 N–H and O–H groups in total. The minimum atomic E-state index is 0.0201. The number of nitrogens with one attached hydrogen (secondary N) is 1. The van der Waals surface area contributed by atoms with Gasteiger partial charge in [0.25, 0.3) is 5.91 Å². The number of piperidine rings is 1. The number of carbonyl (C=O) groups excluding carboxylic acids is 1. The maximum absolute atomic E-state index is 12.5. The van der Waals surface area contributed by atoms with Crippen molar-refractivity contribution in [2.24, 2.45) is 5.92 Å². The van der Waals surface area contributed by atoms with Crippen LogP contribution in [0.3, 0.4) is 0 Å². The number of nitrogens with zero attached hydrogens (tertiary/aromatic N) is 1. The number of rotatable bonds is 2. The first-order chi connectivity index (χ1) is 10.7. The Kier molecular flexibility index (Phi) is 3.13. The summed E-state index contributed by atoms with van der Waals surface area (Å²) in [6.07, 6.45) is 6.73. The van der Waals surface area contributed by atoms with Gasteiger partial charge in [-0.05, 0) is 47.9 Å². The third-order valence-electron chi connectivity index (χ3n) is 4.95. The van der Waals surface area contributed by atoms with E-state index in [1.165, 1.54) is 13.0 Å². The molecule has 110 valence electrons. The first-order valence-electron chi connectivity index (χ1n) is 7.77. The molecule has 2 aliphatic heterocycles. The standard InChI is InChI=1S/C19H18N2O/c1-2-13-4-3-5-14-10-15(6-7-17(13)14)19(22)20-18-12-21-9-8-16(18)11-21/h1,3-7,10,16,18H,8-9,11-12H2,(H,20,22). The zero-order chi connectivity index (χ0) is 15.1. The van der Waals surface area contributed by atoms with Crippen molar-refractivity contribution in [2.45, 2.75) is 12.5 Å². The van der Waals surface area contributed by atoms with E-state index in [9.17, 15) is 4.79 Å². The van der Waals surface area contributed by atoms with Gasteiger partial charge in [0.1, 0.15) is 0 Å². The molecule has 0 aromatic heterocycles. The summed E-state index contributed by atoms with van der Waals surface area (Å²) in [7, 11) is 0. The number of fused-ring (bicyclic) bond motifs is 3. The monoisotopic (exact) mass is 290 g/mol. The predicted octanol–water partition coefficient (Wildman–Crippen LogP) is 2.26. The van der Waals surface area contributed by atoms with E-state index in [0.29, 0.717) is 17.5 Å². The van der Waals surface area contributed by atoms with Crippen LogP contribution in [0.25, 0.3) is 10.8 Å². The third kappa shape index (κ3) is 2.17. The van der Waals surface area contributed by atoms with Crippen LogP contribution in [0.1, 0.15) is 22.3 Å². The lowest BCUT2D eigenvalue weighted by Crippen LogP contribution is -2.43. The minimum Gasteiger partial charge on any atom is -0.348 e. The lowest BCUT2D eigenvalue weighted by Gasteiger charge is -2.23. The topological polar surface area (TPSA) is 32.3 Å². The molecule has 4 rings (SSSR count). The van der Waals surface area contributed by atoms with Crippen LogP contribution in [-0.4, -0.2) is 36.5 Å². The van der Waals surface area contributed by atoms with Crippen molar-refractivity contribution in [2.75, 3.05) is 19.6 Å². The van der Waals surface area contributed by atoms with Gasteiger partial charge in [-0.15, -0.1) is 6.42 Å². The van der Waals surface area contributed by atoms with Gasteiger partial charge in [-0.3, -0.25) is 4.79 Å². The molecule has 3 atom stereocenters. The summed E-state index contributed by atoms with van der Waals surface area (Å²) >= 11 is 0. The van der Waals surface area contributed by atoms with E-state index in [0.717, 1.165) is 29.4 Å². The molecule has 0 aliphatic carbocycles.